The van der Waals surface area contributed by atoms with Crippen molar-refractivity contribution < 1.29 is 0 Å². The fourth-order valence-corrected chi connectivity index (χ4v) is 3.63. The molecule has 0 fully saturated rings. The first-order chi connectivity index (χ1) is 6.65. The highest BCUT2D eigenvalue weighted by molar-refractivity contribution is 14.2. The summed E-state index contributed by atoms with van der Waals surface area (Å²) in [7, 11) is 0. The monoisotopic (exact) mass is 402 g/mol. The van der Waals surface area contributed by atoms with Crippen molar-refractivity contribution in [2.24, 2.45) is 0 Å². The second kappa shape index (κ2) is 4.24. The SMILES string of the molecule is Cc1c(Cl)cc2c(cnn2PI)c1Br. The number of rotatable bonds is 1. The third-order valence-corrected chi connectivity index (χ3v) is 5.38. The maximum Gasteiger partial charge on any atom is 0.0755 e. The molecule has 74 valence electrons. The van der Waals surface area contributed by atoms with Crippen molar-refractivity contribution in [3.05, 3.63) is 27.3 Å². The summed E-state index contributed by atoms with van der Waals surface area (Å²) in [5, 5.41) is 6.19. The van der Waals surface area contributed by atoms with E-state index in [0.29, 0.717) is 6.37 Å². The highest BCUT2D eigenvalue weighted by Crippen LogP contribution is 2.36. The molecule has 0 bridgehead atoms. The lowest BCUT2D eigenvalue weighted by atomic mass is 10.2. The van der Waals surface area contributed by atoms with Gasteiger partial charge in [-0.3, -0.25) is 0 Å². The molecule has 0 aliphatic rings. The Kier molecular flexibility index (Phi) is 3.37. The maximum atomic E-state index is 6.11. The van der Waals surface area contributed by atoms with Gasteiger partial charge in [0.2, 0.25) is 0 Å². The Bertz CT molecular complexity index is 500. The fraction of sp³-hybridized carbons (Fsp3) is 0.125. The maximum absolute atomic E-state index is 6.11. The van der Waals surface area contributed by atoms with Gasteiger partial charge < -0.3 is 0 Å². The number of aromatic nitrogens is 2. The van der Waals surface area contributed by atoms with E-state index >= 15 is 0 Å². The van der Waals surface area contributed by atoms with Crippen LogP contribution in [0.1, 0.15) is 5.56 Å². The van der Waals surface area contributed by atoms with Crippen LogP contribution in [0.3, 0.4) is 0 Å². The standard InChI is InChI=1S/C8H6BrClIN2P/c1-4-6(10)2-7-5(8(4)9)3-12-13(7)14-11/h2-3,14H,1H3. The number of hydrogen-bond acceptors (Lipinski definition) is 1. The third-order valence-electron chi connectivity index (χ3n) is 2.07. The summed E-state index contributed by atoms with van der Waals surface area (Å²) in [4.78, 5) is 0. The van der Waals surface area contributed by atoms with Crippen LogP contribution < -0.4 is 0 Å². The van der Waals surface area contributed by atoms with E-state index in [1.165, 1.54) is 0 Å². The van der Waals surface area contributed by atoms with Crippen LogP contribution in [-0.2, 0) is 0 Å². The molecule has 14 heavy (non-hydrogen) atoms. The molecule has 0 spiro atoms. The first-order valence-corrected chi connectivity index (χ1v) is 9.07. The lowest BCUT2D eigenvalue weighted by molar-refractivity contribution is 1.04. The summed E-state index contributed by atoms with van der Waals surface area (Å²) < 4.78 is 2.99. The number of halogens is 3. The molecule has 1 atom stereocenters. The van der Waals surface area contributed by atoms with E-state index in [4.69, 9.17) is 11.6 Å². The molecule has 0 radical (unpaired) electrons. The number of benzene rings is 1. The highest BCUT2D eigenvalue weighted by Gasteiger charge is 2.10. The topological polar surface area (TPSA) is 17.8 Å². The Labute approximate surface area is 110 Å². The van der Waals surface area contributed by atoms with Gasteiger partial charge in [0.1, 0.15) is 0 Å². The second-order valence-electron chi connectivity index (χ2n) is 2.87. The van der Waals surface area contributed by atoms with Gasteiger partial charge in [0.15, 0.2) is 0 Å². The molecule has 0 amide bonds. The number of hydrogen-bond donors (Lipinski definition) is 0. The molecular weight excluding hydrogens is 397 g/mol. The van der Waals surface area contributed by atoms with E-state index in [9.17, 15) is 0 Å². The van der Waals surface area contributed by atoms with Crippen LogP contribution in [0.4, 0.5) is 0 Å². The molecule has 6 heteroatoms. The van der Waals surface area contributed by atoms with E-state index in [1.54, 1.807) is 0 Å². The van der Waals surface area contributed by atoms with E-state index in [2.05, 4.69) is 43.1 Å². The van der Waals surface area contributed by atoms with Crippen molar-refractivity contribution in [3.63, 3.8) is 0 Å². The lowest BCUT2D eigenvalue weighted by Crippen LogP contribution is -1.84. The van der Waals surface area contributed by atoms with Crippen LogP contribution in [0.5, 0.6) is 0 Å². The molecular formula is C8H6BrClIN2P. The fourth-order valence-electron chi connectivity index (χ4n) is 1.27. The van der Waals surface area contributed by atoms with Gasteiger partial charge in [-0.15, -0.1) is 0 Å². The number of fused-ring (bicyclic) bond motifs is 1. The zero-order valence-corrected chi connectivity index (χ0v) is 12.7. The Hall–Kier alpha value is 0.620. The van der Waals surface area contributed by atoms with Gasteiger partial charge in [0.05, 0.1) is 18.1 Å². The van der Waals surface area contributed by atoms with Crippen LogP contribution in [-0.4, -0.2) is 9.55 Å². The van der Waals surface area contributed by atoms with Crippen LogP contribution >= 0.6 is 55.9 Å². The van der Waals surface area contributed by atoms with Gasteiger partial charge in [-0.2, -0.15) is 5.10 Å². The average Bonchev–Trinajstić information content (AvgIpc) is 2.57. The van der Waals surface area contributed by atoms with E-state index in [1.807, 2.05) is 23.6 Å². The van der Waals surface area contributed by atoms with E-state index in [-0.39, 0.29) is 0 Å². The minimum Gasteiger partial charge on any atom is -0.237 e. The highest BCUT2D eigenvalue weighted by atomic mass is 127. The Morgan fingerprint density at radius 2 is 2.36 bits per heavy atom. The largest absolute Gasteiger partial charge is 0.237 e. The molecule has 1 heterocycles. The molecule has 1 aromatic carbocycles. The molecule has 0 aliphatic carbocycles. The van der Waals surface area contributed by atoms with Crippen molar-refractivity contribution in [1.29, 1.82) is 0 Å². The third kappa shape index (κ3) is 1.70. The predicted octanol–water partition coefficient (Wildman–Crippen LogP) is 4.55. The molecule has 1 aromatic heterocycles. The average molecular weight is 403 g/mol. The summed E-state index contributed by atoms with van der Waals surface area (Å²) >= 11 is 11.9. The Morgan fingerprint density at radius 3 is 3.00 bits per heavy atom. The zero-order chi connectivity index (χ0) is 10.3. The van der Waals surface area contributed by atoms with E-state index < -0.39 is 0 Å². The van der Waals surface area contributed by atoms with Gasteiger partial charge in [-0.05, 0) is 56.5 Å². The van der Waals surface area contributed by atoms with Gasteiger partial charge in [-0.25, -0.2) is 4.45 Å². The molecule has 0 aliphatic heterocycles. The molecule has 0 saturated heterocycles. The summed E-state index contributed by atoms with van der Waals surface area (Å²) in [5.74, 6) is 0. The smallest absolute Gasteiger partial charge is 0.0755 e. The van der Waals surface area contributed by atoms with Crippen LogP contribution in [0.25, 0.3) is 10.9 Å². The van der Waals surface area contributed by atoms with Gasteiger partial charge >= 0.3 is 0 Å². The van der Waals surface area contributed by atoms with Gasteiger partial charge in [-0.1, -0.05) is 11.6 Å². The lowest BCUT2D eigenvalue weighted by Gasteiger charge is -2.03. The summed E-state index contributed by atoms with van der Waals surface area (Å²) in [5.41, 5.74) is 2.15. The van der Waals surface area contributed by atoms with Crippen LogP contribution in [0.2, 0.25) is 5.02 Å². The molecule has 0 N–H and O–H groups in total. The molecule has 1 unspecified atom stereocenters. The summed E-state index contributed by atoms with van der Waals surface area (Å²) in [6.45, 7) is 2.00. The quantitative estimate of drug-likeness (QED) is 0.505. The molecule has 0 saturated carbocycles. The first-order valence-electron chi connectivity index (χ1n) is 3.84. The Balaban J connectivity index is 2.86. The predicted molar refractivity (Wildman–Crippen MR) is 74.9 cm³/mol. The first kappa shape index (κ1) is 11.1. The molecule has 2 aromatic rings. The van der Waals surface area contributed by atoms with Crippen molar-refractivity contribution in [1.82, 2.24) is 9.55 Å². The van der Waals surface area contributed by atoms with Crippen LogP contribution in [0.15, 0.2) is 16.7 Å². The Morgan fingerprint density at radius 1 is 1.64 bits per heavy atom. The van der Waals surface area contributed by atoms with Crippen LogP contribution in [0, 0.1) is 6.92 Å². The second-order valence-corrected chi connectivity index (χ2v) is 6.11. The molecule has 2 nitrogen and oxygen atoms in total. The van der Waals surface area contributed by atoms with Crippen molar-refractivity contribution in [2.45, 2.75) is 6.92 Å². The van der Waals surface area contributed by atoms with Crippen molar-refractivity contribution in [3.8, 4) is 0 Å². The van der Waals surface area contributed by atoms with Gasteiger partial charge in [0.25, 0.3) is 0 Å². The van der Waals surface area contributed by atoms with E-state index in [0.717, 1.165) is 26.0 Å². The zero-order valence-electron chi connectivity index (χ0n) is 7.18. The van der Waals surface area contributed by atoms with Crippen molar-refractivity contribution in [2.75, 3.05) is 0 Å². The van der Waals surface area contributed by atoms with Crippen molar-refractivity contribution >= 4 is 66.8 Å². The summed E-state index contributed by atoms with van der Waals surface area (Å²) in [6.07, 6.45) is 2.46. The minimum atomic E-state index is 0.594. The normalized spacial score (nSPS) is 12.0. The number of nitrogens with zero attached hydrogens (tertiary/aromatic N) is 2. The summed E-state index contributed by atoms with van der Waals surface area (Å²) in [6, 6.07) is 1.97. The molecule has 2 rings (SSSR count). The van der Waals surface area contributed by atoms with Gasteiger partial charge in [0, 0.05) is 14.9 Å². The minimum absolute atomic E-state index is 0.594.